The molecule has 0 rings (SSSR count). The molecule has 62 valence electrons. The predicted molar refractivity (Wildman–Crippen MR) is 49.6 cm³/mol. The lowest BCUT2D eigenvalue weighted by Gasteiger charge is -2.02. The Bertz CT molecular complexity index is 145. The van der Waals surface area contributed by atoms with Crippen LogP contribution < -0.4 is 10.5 Å². The third kappa shape index (κ3) is 7.07. The SMILES string of the molecule is O=CNBNC(=O)OBBBO. The summed E-state index contributed by atoms with van der Waals surface area (Å²) in [5.74, 6) is 0. The summed E-state index contributed by atoms with van der Waals surface area (Å²) in [7, 11) is 0.610. The summed E-state index contributed by atoms with van der Waals surface area (Å²) in [6.07, 6.45) is -0.147. The highest BCUT2D eigenvalue weighted by molar-refractivity contribution is 7.26. The molecular formula is C2H8B4N2O4. The van der Waals surface area contributed by atoms with Crippen LogP contribution in [0.2, 0.25) is 0 Å². The van der Waals surface area contributed by atoms with Crippen molar-refractivity contribution >= 4 is 41.9 Å². The number of rotatable bonds is 6. The molecule has 12 heavy (non-hydrogen) atoms. The Morgan fingerprint density at radius 1 is 1.58 bits per heavy atom. The molecule has 0 saturated carbocycles. The highest BCUT2D eigenvalue weighted by atomic mass is 16.5. The van der Waals surface area contributed by atoms with Crippen LogP contribution in [0.4, 0.5) is 4.79 Å². The Labute approximate surface area is 72.5 Å². The molecule has 0 aromatic heterocycles. The van der Waals surface area contributed by atoms with Gasteiger partial charge in [0.2, 0.25) is 7.37 Å². The van der Waals surface area contributed by atoms with E-state index < -0.39 is 6.09 Å². The van der Waals surface area contributed by atoms with Crippen molar-refractivity contribution in [2.75, 3.05) is 0 Å². The first-order valence-electron chi connectivity index (χ1n) is 3.49. The van der Waals surface area contributed by atoms with E-state index in [0.717, 1.165) is 0 Å². The van der Waals surface area contributed by atoms with Crippen LogP contribution in [0.3, 0.4) is 0 Å². The molecule has 0 bridgehead atoms. The minimum absolute atomic E-state index is 0.0140. The molecule has 3 N–H and O–H groups in total. The normalized spacial score (nSPS) is 7.42. The second-order valence-corrected chi connectivity index (χ2v) is 1.89. The fourth-order valence-electron chi connectivity index (χ4n) is 0.445. The molecule has 0 fully saturated rings. The van der Waals surface area contributed by atoms with E-state index in [0.29, 0.717) is 13.5 Å². The summed E-state index contributed by atoms with van der Waals surface area (Å²) >= 11 is 0. The summed E-state index contributed by atoms with van der Waals surface area (Å²) in [4.78, 5) is 20.3. The summed E-state index contributed by atoms with van der Waals surface area (Å²) in [5, 5.41) is 12.8. The summed E-state index contributed by atoms with van der Waals surface area (Å²) < 4.78 is 4.56. The molecule has 0 saturated heterocycles. The average Bonchev–Trinajstić information content (AvgIpc) is 2.06. The first-order valence-corrected chi connectivity index (χ1v) is 3.49. The van der Waals surface area contributed by atoms with E-state index in [2.05, 4.69) is 15.1 Å². The van der Waals surface area contributed by atoms with Crippen LogP contribution in [0.1, 0.15) is 0 Å². The van der Waals surface area contributed by atoms with Gasteiger partial charge in [-0.15, -0.1) is 0 Å². The number of hydrogen-bond donors (Lipinski definition) is 3. The van der Waals surface area contributed by atoms with Crippen LogP contribution in [0.15, 0.2) is 0 Å². The first kappa shape index (κ1) is 11.0. The van der Waals surface area contributed by atoms with Crippen LogP contribution >= 0.6 is 0 Å². The maximum Gasteiger partial charge on any atom is 0.377 e. The second-order valence-electron chi connectivity index (χ2n) is 1.89. The zero-order valence-corrected chi connectivity index (χ0v) is 6.58. The molecule has 0 aromatic carbocycles. The molecule has 10 heteroatoms. The Hall–Kier alpha value is -1.04. The predicted octanol–water partition coefficient (Wildman–Crippen LogP) is -4.31. The van der Waals surface area contributed by atoms with Gasteiger partial charge in [0.15, 0.2) is 6.41 Å². The number of carbonyl (C=O) groups excluding carboxylic acids is 2. The van der Waals surface area contributed by atoms with Crippen molar-refractivity contribution in [3.63, 3.8) is 0 Å². The van der Waals surface area contributed by atoms with E-state index in [9.17, 15) is 9.59 Å². The van der Waals surface area contributed by atoms with Crippen molar-refractivity contribution in [2.24, 2.45) is 0 Å². The number of carbonyl (C=O) groups is 2. The third-order valence-electron chi connectivity index (χ3n) is 0.954. The van der Waals surface area contributed by atoms with Gasteiger partial charge in [-0.2, -0.15) is 0 Å². The van der Waals surface area contributed by atoms with Crippen molar-refractivity contribution < 1.29 is 19.3 Å². The fourth-order valence-corrected chi connectivity index (χ4v) is 0.445. The topological polar surface area (TPSA) is 87.7 Å². The van der Waals surface area contributed by atoms with E-state index in [4.69, 9.17) is 5.02 Å². The molecule has 0 spiro atoms. The Morgan fingerprint density at radius 3 is 2.92 bits per heavy atom. The Balaban J connectivity index is 3.15. The van der Waals surface area contributed by atoms with Crippen LogP contribution in [0.25, 0.3) is 0 Å². The van der Waals surface area contributed by atoms with Gasteiger partial charge in [-0.25, -0.2) is 4.79 Å². The van der Waals surface area contributed by atoms with Crippen LogP contribution in [0, 0.1) is 0 Å². The van der Waals surface area contributed by atoms with Crippen LogP contribution in [0.5, 0.6) is 0 Å². The molecule has 0 unspecified atom stereocenters. The second kappa shape index (κ2) is 8.06. The third-order valence-corrected chi connectivity index (χ3v) is 0.954. The summed E-state index contributed by atoms with van der Waals surface area (Å²) in [5.41, 5.74) is 0. The smallest absolute Gasteiger partial charge is 0.377 e. The number of nitrogens with one attached hydrogen (secondary N) is 2. The highest BCUT2D eigenvalue weighted by Crippen LogP contribution is 1.69. The lowest BCUT2D eigenvalue weighted by atomic mass is 9.32. The lowest BCUT2D eigenvalue weighted by Crippen LogP contribution is -2.38. The van der Waals surface area contributed by atoms with Gasteiger partial charge in [-0.1, -0.05) is 0 Å². The largest absolute Gasteiger partial charge is 0.534 e. The Kier molecular flexibility index (Phi) is 7.36. The van der Waals surface area contributed by atoms with Gasteiger partial charge in [0.1, 0.15) is 7.06 Å². The fraction of sp³-hybridized carbons (Fsp3) is 0. The van der Waals surface area contributed by atoms with Gasteiger partial charge >= 0.3 is 13.6 Å². The van der Waals surface area contributed by atoms with E-state index in [1.807, 2.05) is 0 Å². The number of amides is 2. The quantitative estimate of drug-likeness (QED) is 0.212. The zero-order valence-electron chi connectivity index (χ0n) is 6.58. The van der Waals surface area contributed by atoms with Crippen molar-refractivity contribution in [3.8, 4) is 0 Å². The molecule has 0 heterocycles. The Morgan fingerprint density at radius 2 is 2.33 bits per heavy atom. The molecule has 0 radical (unpaired) electrons. The molecule has 2 amide bonds. The van der Waals surface area contributed by atoms with Gasteiger partial charge < -0.3 is 20.1 Å². The number of hydrogen-bond acceptors (Lipinski definition) is 4. The molecule has 0 aliphatic heterocycles. The van der Waals surface area contributed by atoms with Crippen molar-refractivity contribution in [1.82, 2.24) is 10.5 Å². The molecule has 0 aromatic rings. The minimum atomic E-state index is -0.613. The van der Waals surface area contributed by atoms with E-state index in [1.165, 1.54) is 0 Å². The van der Waals surface area contributed by atoms with E-state index in [-0.39, 0.29) is 22.3 Å². The monoisotopic (exact) mass is 168 g/mol. The van der Waals surface area contributed by atoms with Gasteiger partial charge in [0.25, 0.3) is 7.37 Å². The van der Waals surface area contributed by atoms with Gasteiger partial charge in [-0.05, 0) is 0 Å². The van der Waals surface area contributed by atoms with Gasteiger partial charge in [-0.3, -0.25) is 4.79 Å². The van der Waals surface area contributed by atoms with Crippen molar-refractivity contribution in [2.45, 2.75) is 0 Å². The molecular weight excluding hydrogens is 159 g/mol. The summed E-state index contributed by atoms with van der Waals surface area (Å²) in [6.45, 7) is 0. The molecule has 6 nitrogen and oxygen atoms in total. The minimum Gasteiger partial charge on any atom is -0.534 e. The molecule has 0 aliphatic carbocycles. The van der Waals surface area contributed by atoms with E-state index in [1.54, 1.807) is 0 Å². The zero-order chi connectivity index (χ0) is 9.23. The maximum absolute atomic E-state index is 10.6. The van der Waals surface area contributed by atoms with Gasteiger partial charge in [0, 0.05) is 0 Å². The average molecular weight is 167 g/mol. The van der Waals surface area contributed by atoms with Crippen LogP contribution in [-0.2, 0) is 9.45 Å². The highest BCUT2D eigenvalue weighted by Gasteiger charge is 2.02. The van der Waals surface area contributed by atoms with Crippen LogP contribution in [-0.4, -0.2) is 46.9 Å². The standard InChI is InChI=1S/C2H8B4N2O4/c9-1-7-6-8-2(10)12-5-3-4-11/h1,3-6,11H,(H,7,9)(H,8,10). The lowest BCUT2D eigenvalue weighted by molar-refractivity contribution is -0.108. The van der Waals surface area contributed by atoms with E-state index >= 15 is 0 Å². The van der Waals surface area contributed by atoms with Gasteiger partial charge in [0.05, 0.1) is 0 Å². The van der Waals surface area contributed by atoms with Crippen molar-refractivity contribution in [3.05, 3.63) is 0 Å². The summed E-state index contributed by atoms with van der Waals surface area (Å²) in [6, 6.07) is 0. The molecule has 0 aliphatic rings. The van der Waals surface area contributed by atoms with Crippen molar-refractivity contribution in [1.29, 1.82) is 0 Å². The molecule has 0 atom stereocenters. The first-order chi connectivity index (χ1) is 5.81. The maximum atomic E-state index is 10.6.